The van der Waals surface area contributed by atoms with E-state index in [2.05, 4.69) is 22.0 Å². The molecular formula is C17H28N4O3. The number of hydrogen-bond donors (Lipinski definition) is 0. The zero-order valence-corrected chi connectivity index (χ0v) is 15.3. The Bertz CT molecular complexity index is 591. The first-order chi connectivity index (χ1) is 11.2. The van der Waals surface area contributed by atoms with Crippen LogP contribution in [0.5, 0.6) is 0 Å². The van der Waals surface area contributed by atoms with Gasteiger partial charge in [-0.3, -0.25) is 4.90 Å². The minimum Gasteiger partial charge on any atom is -0.444 e. The highest BCUT2D eigenvalue weighted by molar-refractivity contribution is 5.68. The number of rotatable bonds is 4. The van der Waals surface area contributed by atoms with Crippen LogP contribution in [0.2, 0.25) is 0 Å². The molecule has 0 N–H and O–H groups in total. The second kappa shape index (κ2) is 6.35. The van der Waals surface area contributed by atoms with E-state index in [-0.39, 0.29) is 18.2 Å². The lowest BCUT2D eigenvalue weighted by Gasteiger charge is -2.29. The van der Waals surface area contributed by atoms with Crippen molar-refractivity contribution in [2.24, 2.45) is 0 Å². The van der Waals surface area contributed by atoms with Gasteiger partial charge in [0.15, 0.2) is 5.82 Å². The molecule has 3 rings (SSSR count). The molecule has 1 amide bonds. The number of hydrogen-bond acceptors (Lipinski definition) is 6. The molecule has 1 aliphatic heterocycles. The van der Waals surface area contributed by atoms with Gasteiger partial charge in [0.1, 0.15) is 5.60 Å². The Morgan fingerprint density at radius 1 is 1.38 bits per heavy atom. The Morgan fingerprint density at radius 3 is 2.71 bits per heavy atom. The summed E-state index contributed by atoms with van der Waals surface area (Å²) >= 11 is 0. The Balaban J connectivity index is 1.56. The third kappa shape index (κ3) is 3.88. The minimum atomic E-state index is -0.472. The fourth-order valence-electron chi connectivity index (χ4n) is 3.00. The molecule has 0 spiro atoms. The first kappa shape index (κ1) is 17.2. The van der Waals surface area contributed by atoms with Crippen molar-refractivity contribution in [1.82, 2.24) is 19.9 Å². The van der Waals surface area contributed by atoms with Gasteiger partial charge in [0.25, 0.3) is 0 Å². The molecule has 2 heterocycles. The first-order valence-electron chi connectivity index (χ1n) is 8.78. The van der Waals surface area contributed by atoms with Crippen LogP contribution in [0.1, 0.15) is 70.6 Å². The number of nitrogens with zero attached hydrogens (tertiary/aromatic N) is 4. The van der Waals surface area contributed by atoms with Crippen LogP contribution in [0, 0.1) is 0 Å². The molecule has 0 bridgehead atoms. The van der Waals surface area contributed by atoms with Crippen molar-refractivity contribution in [2.75, 3.05) is 20.1 Å². The van der Waals surface area contributed by atoms with Crippen LogP contribution in [0.3, 0.4) is 0 Å². The maximum absolute atomic E-state index is 12.2. The van der Waals surface area contributed by atoms with Crippen LogP contribution < -0.4 is 0 Å². The maximum Gasteiger partial charge on any atom is 0.410 e. The first-order valence-corrected chi connectivity index (χ1v) is 8.78. The predicted octanol–water partition coefficient (Wildman–Crippen LogP) is 2.95. The number of carbonyl (C=O) groups excluding carboxylic acids is 1. The van der Waals surface area contributed by atoms with Gasteiger partial charge < -0.3 is 14.2 Å². The van der Waals surface area contributed by atoms with Gasteiger partial charge in [0.2, 0.25) is 5.89 Å². The number of amides is 1. The molecule has 7 heteroatoms. The molecule has 1 aliphatic carbocycles. The number of ether oxygens (including phenoxy) is 1. The largest absolute Gasteiger partial charge is 0.444 e. The summed E-state index contributed by atoms with van der Waals surface area (Å²) in [5.74, 6) is 2.02. The van der Waals surface area contributed by atoms with E-state index in [0.29, 0.717) is 11.8 Å². The molecule has 2 atom stereocenters. The van der Waals surface area contributed by atoms with Crippen LogP contribution in [0.25, 0.3) is 0 Å². The highest BCUT2D eigenvalue weighted by Gasteiger charge is 2.35. The molecule has 1 saturated carbocycles. The van der Waals surface area contributed by atoms with Gasteiger partial charge in [-0.15, -0.1) is 0 Å². The van der Waals surface area contributed by atoms with Crippen molar-refractivity contribution in [3.63, 3.8) is 0 Å². The van der Waals surface area contributed by atoms with Gasteiger partial charge in [-0.25, -0.2) is 4.79 Å². The van der Waals surface area contributed by atoms with Gasteiger partial charge in [-0.05, 0) is 47.0 Å². The summed E-state index contributed by atoms with van der Waals surface area (Å²) in [6.07, 6.45) is 2.99. The topological polar surface area (TPSA) is 71.7 Å². The Morgan fingerprint density at radius 2 is 2.08 bits per heavy atom. The van der Waals surface area contributed by atoms with E-state index in [1.165, 1.54) is 12.8 Å². The normalized spacial score (nSPS) is 23.3. The molecular weight excluding hydrogens is 308 g/mol. The summed E-state index contributed by atoms with van der Waals surface area (Å²) in [6, 6.07) is 0.218. The van der Waals surface area contributed by atoms with Gasteiger partial charge >= 0.3 is 6.09 Å². The fraction of sp³-hybridized carbons (Fsp3) is 0.824. The summed E-state index contributed by atoms with van der Waals surface area (Å²) in [5, 5.41) is 4.10. The summed E-state index contributed by atoms with van der Waals surface area (Å²) in [6.45, 7) is 9.43. The van der Waals surface area contributed by atoms with Crippen LogP contribution in [0.4, 0.5) is 4.79 Å². The van der Waals surface area contributed by atoms with Crippen molar-refractivity contribution >= 4 is 6.09 Å². The molecule has 0 radical (unpaired) electrons. The molecule has 1 aromatic heterocycles. The molecule has 134 valence electrons. The van der Waals surface area contributed by atoms with E-state index < -0.39 is 5.60 Å². The number of aromatic nitrogens is 2. The number of carbonyl (C=O) groups is 1. The quantitative estimate of drug-likeness (QED) is 0.842. The molecule has 0 unspecified atom stereocenters. The molecule has 1 aromatic rings. The Hall–Kier alpha value is -1.63. The van der Waals surface area contributed by atoms with Crippen molar-refractivity contribution < 1.29 is 14.1 Å². The smallest absolute Gasteiger partial charge is 0.410 e. The lowest BCUT2D eigenvalue weighted by Crippen LogP contribution is -2.42. The third-order valence-corrected chi connectivity index (χ3v) is 4.73. The Labute approximate surface area is 143 Å². The molecule has 7 nitrogen and oxygen atoms in total. The van der Waals surface area contributed by atoms with Crippen molar-refractivity contribution in [3.05, 3.63) is 11.7 Å². The van der Waals surface area contributed by atoms with Gasteiger partial charge in [0, 0.05) is 32.1 Å². The van der Waals surface area contributed by atoms with E-state index in [0.717, 1.165) is 25.3 Å². The highest BCUT2D eigenvalue weighted by atomic mass is 16.6. The second-order valence-electron chi connectivity index (χ2n) is 7.97. The lowest BCUT2D eigenvalue weighted by atomic mass is 10.2. The molecule has 2 fully saturated rings. The van der Waals surface area contributed by atoms with E-state index in [1.54, 1.807) is 4.90 Å². The average molecular weight is 336 g/mol. The van der Waals surface area contributed by atoms with Crippen molar-refractivity contribution in [1.29, 1.82) is 0 Å². The van der Waals surface area contributed by atoms with Crippen LogP contribution in [0.15, 0.2) is 4.52 Å². The highest BCUT2D eigenvalue weighted by Crippen LogP contribution is 2.38. The predicted molar refractivity (Wildman–Crippen MR) is 88.7 cm³/mol. The van der Waals surface area contributed by atoms with E-state index in [9.17, 15) is 4.79 Å². The molecule has 2 aliphatic rings. The number of likely N-dealkylation sites (tertiary alicyclic amines) is 1. The standard InChI is InChI=1S/C17H28N4O3/c1-11(15-18-14(19-24-15)12-6-7-12)21-9-8-13(10-21)20(5)16(22)23-17(2,3)4/h11-13H,6-10H2,1-5H3/t11-,13-/m1/s1. The average Bonchev–Trinajstić information content (AvgIpc) is 3.04. The summed E-state index contributed by atoms with van der Waals surface area (Å²) in [4.78, 5) is 20.8. The van der Waals surface area contributed by atoms with E-state index >= 15 is 0 Å². The lowest BCUT2D eigenvalue weighted by molar-refractivity contribution is 0.0224. The maximum atomic E-state index is 12.2. The minimum absolute atomic E-state index is 0.0713. The fourth-order valence-corrected chi connectivity index (χ4v) is 3.00. The monoisotopic (exact) mass is 336 g/mol. The van der Waals surface area contributed by atoms with Gasteiger partial charge in [-0.1, -0.05) is 5.16 Å². The zero-order valence-electron chi connectivity index (χ0n) is 15.3. The van der Waals surface area contributed by atoms with E-state index in [4.69, 9.17) is 9.26 Å². The summed E-state index contributed by atoms with van der Waals surface area (Å²) in [7, 11) is 1.81. The molecule has 0 aromatic carbocycles. The number of likely N-dealkylation sites (N-methyl/N-ethyl adjacent to an activating group) is 1. The SMILES string of the molecule is C[C@H](c1nc(C2CC2)no1)N1CC[C@@H](N(C)C(=O)OC(C)(C)C)C1. The second-order valence-corrected chi connectivity index (χ2v) is 7.97. The molecule has 24 heavy (non-hydrogen) atoms. The Kier molecular flexibility index (Phi) is 4.55. The zero-order chi connectivity index (χ0) is 17.5. The molecule has 1 saturated heterocycles. The van der Waals surface area contributed by atoms with Crippen LogP contribution >= 0.6 is 0 Å². The van der Waals surface area contributed by atoms with Gasteiger partial charge in [-0.2, -0.15) is 4.98 Å². The van der Waals surface area contributed by atoms with E-state index in [1.807, 2.05) is 27.8 Å². The summed E-state index contributed by atoms with van der Waals surface area (Å²) in [5.41, 5.74) is -0.472. The summed E-state index contributed by atoms with van der Waals surface area (Å²) < 4.78 is 10.9. The van der Waals surface area contributed by atoms with Crippen molar-refractivity contribution in [2.45, 2.75) is 70.6 Å². The van der Waals surface area contributed by atoms with Crippen molar-refractivity contribution in [3.8, 4) is 0 Å². The third-order valence-electron chi connectivity index (χ3n) is 4.73. The van der Waals surface area contributed by atoms with Gasteiger partial charge in [0.05, 0.1) is 6.04 Å². The van der Waals surface area contributed by atoms with Crippen LogP contribution in [-0.4, -0.2) is 57.8 Å². The van der Waals surface area contributed by atoms with Crippen LogP contribution in [-0.2, 0) is 4.74 Å².